The SMILES string of the molecule is CC(NCC1CCCCC1C)c1ccco1. The normalized spacial score (nSPS) is 27.9. The van der Waals surface area contributed by atoms with E-state index in [0.717, 1.165) is 24.1 Å². The second-order valence-corrected chi connectivity index (χ2v) is 5.17. The summed E-state index contributed by atoms with van der Waals surface area (Å²) in [5, 5.41) is 3.59. The van der Waals surface area contributed by atoms with Gasteiger partial charge in [-0.3, -0.25) is 0 Å². The topological polar surface area (TPSA) is 25.2 Å². The minimum Gasteiger partial charge on any atom is -0.468 e. The molecule has 0 amide bonds. The highest BCUT2D eigenvalue weighted by molar-refractivity contribution is 5.02. The van der Waals surface area contributed by atoms with Crippen LogP contribution >= 0.6 is 0 Å². The summed E-state index contributed by atoms with van der Waals surface area (Å²) in [5.74, 6) is 2.78. The summed E-state index contributed by atoms with van der Waals surface area (Å²) in [4.78, 5) is 0. The van der Waals surface area contributed by atoms with Crippen LogP contribution in [0.4, 0.5) is 0 Å². The minimum atomic E-state index is 0.337. The Morgan fingerprint density at radius 3 is 2.94 bits per heavy atom. The van der Waals surface area contributed by atoms with Crippen LogP contribution in [0.15, 0.2) is 22.8 Å². The average molecular weight is 221 g/mol. The van der Waals surface area contributed by atoms with E-state index in [4.69, 9.17) is 4.42 Å². The zero-order valence-electron chi connectivity index (χ0n) is 10.4. The molecule has 1 fully saturated rings. The largest absolute Gasteiger partial charge is 0.468 e. The number of nitrogens with one attached hydrogen (secondary N) is 1. The van der Waals surface area contributed by atoms with Crippen molar-refractivity contribution in [3.8, 4) is 0 Å². The van der Waals surface area contributed by atoms with Gasteiger partial charge in [-0.1, -0.05) is 26.2 Å². The summed E-state index contributed by atoms with van der Waals surface area (Å²) in [5.41, 5.74) is 0. The van der Waals surface area contributed by atoms with Crippen molar-refractivity contribution in [1.82, 2.24) is 5.32 Å². The fourth-order valence-corrected chi connectivity index (χ4v) is 2.66. The van der Waals surface area contributed by atoms with Crippen molar-refractivity contribution in [2.45, 2.75) is 45.6 Å². The molecule has 0 saturated heterocycles. The Bertz CT molecular complexity index is 294. The van der Waals surface area contributed by atoms with Gasteiger partial charge in [-0.2, -0.15) is 0 Å². The van der Waals surface area contributed by atoms with Crippen LogP contribution in [0.25, 0.3) is 0 Å². The van der Waals surface area contributed by atoms with Crippen molar-refractivity contribution < 1.29 is 4.42 Å². The van der Waals surface area contributed by atoms with Crippen LogP contribution in [0.3, 0.4) is 0 Å². The highest BCUT2D eigenvalue weighted by Crippen LogP contribution is 2.29. The molecule has 2 nitrogen and oxygen atoms in total. The first-order chi connectivity index (χ1) is 7.77. The van der Waals surface area contributed by atoms with Crippen molar-refractivity contribution in [2.24, 2.45) is 11.8 Å². The van der Waals surface area contributed by atoms with Crippen LogP contribution in [-0.2, 0) is 0 Å². The molecule has 3 unspecified atom stereocenters. The third-order valence-electron chi connectivity index (χ3n) is 3.95. The highest BCUT2D eigenvalue weighted by atomic mass is 16.3. The van der Waals surface area contributed by atoms with E-state index in [0.29, 0.717) is 6.04 Å². The molecule has 16 heavy (non-hydrogen) atoms. The second kappa shape index (κ2) is 5.53. The molecule has 2 heteroatoms. The molecule has 90 valence electrons. The van der Waals surface area contributed by atoms with Gasteiger partial charge in [-0.25, -0.2) is 0 Å². The standard InChI is InChI=1S/C14H23NO/c1-11-6-3-4-7-13(11)10-15-12(2)14-8-5-9-16-14/h5,8-9,11-13,15H,3-4,6-7,10H2,1-2H3. The maximum Gasteiger partial charge on any atom is 0.120 e. The van der Waals surface area contributed by atoms with E-state index in [1.807, 2.05) is 12.1 Å². The van der Waals surface area contributed by atoms with Gasteiger partial charge in [-0.05, 0) is 43.9 Å². The Balaban J connectivity index is 1.78. The Labute approximate surface area is 98.4 Å². The summed E-state index contributed by atoms with van der Waals surface area (Å²) in [7, 11) is 0. The summed E-state index contributed by atoms with van der Waals surface area (Å²) in [6, 6.07) is 4.34. The average Bonchev–Trinajstić information content (AvgIpc) is 2.81. The Morgan fingerprint density at radius 2 is 2.25 bits per heavy atom. The van der Waals surface area contributed by atoms with Gasteiger partial charge in [-0.15, -0.1) is 0 Å². The Kier molecular flexibility index (Phi) is 4.05. The molecule has 0 spiro atoms. The molecular formula is C14H23NO. The van der Waals surface area contributed by atoms with Gasteiger partial charge in [0, 0.05) is 0 Å². The van der Waals surface area contributed by atoms with E-state index in [2.05, 4.69) is 19.2 Å². The maximum atomic E-state index is 5.40. The number of furan rings is 1. The van der Waals surface area contributed by atoms with Crippen molar-refractivity contribution in [3.63, 3.8) is 0 Å². The van der Waals surface area contributed by atoms with E-state index in [9.17, 15) is 0 Å². The summed E-state index contributed by atoms with van der Waals surface area (Å²) in [6.45, 7) is 5.69. The molecule has 2 rings (SSSR count). The molecule has 1 heterocycles. The molecule has 1 saturated carbocycles. The van der Waals surface area contributed by atoms with Gasteiger partial charge in [0.05, 0.1) is 12.3 Å². The molecule has 0 aromatic carbocycles. The predicted octanol–water partition coefficient (Wildman–Crippen LogP) is 3.76. The molecule has 0 bridgehead atoms. The predicted molar refractivity (Wildman–Crippen MR) is 66.2 cm³/mol. The molecule has 0 radical (unpaired) electrons. The summed E-state index contributed by atoms with van der Waals surface area (Å²) >= 11 is 0. The van der Waals surface area contributed by atoms with E-state index in [1.165, 1.54) is 25.7 Å². The molecular weight excluding hydrogens is 198 g/mol. The van der Waals surface area contributed by atoms with Crippen LogP contribution in [-0.4, -0.2) is 6.54 Å². The van der Waals surface area contributed by atoms with Gasteiger partial charge in [0.15, 0.2) is 0 Å². The smallest absolute Gasteiger partial charge is 0.120 e. The maximum absolute atomic E-state index is 5.40. The molecule has 0 aliphatic heterocycles. The molecule has 3 atom stereocenters. The van der Waals surface area contributed by atoms with Crippen molar-refractivity contribution in [3.05, 3.63) is 24.2 Å². The zero-order chi connectivity index (χ0) is 11.4. The lowest BCUT2D eigenvalue weighted by Gasteiger charge is -2.29. The van der Waals surface area contributed by atoms with Gasteiger partial charge in [0.1, 0.15) is 5.76 Å². The quantitative estimate of drug-likeness (QED) is 0.837. The van der Waals surface area contributed by atoms with Gasteiger partial charge >= 0.3 is 0 Å². The fraction of sp³-hybridized carbons (Fsp3) is 0.714. The first-order valence-electron chi connectivity index (χ1n) is 6.54. The summed E-state index contributed by atoms with van der Waals surface area (Å²) < 4.78 is 5.40. The van der Waals surface area contributed by atoms with E-state index in [1.54, 1.807) is 6.26 Å². The number of hydrogen-bond donors (Lipinski definition) is 1. The fourth-order valence-electron chi connectivity index (χ4n) is 2.66. The Morgan fingerprint density at radius 1 is 1.44 bits per heavy atom. The molecule has 1 aliphatic rings. The van der Waals surface area contributed by atoms with Gasteiger partial charge in [0.25, 0.3) is 0 Å². The lowest BCUT2D eigenvalue weighted by Crippen LogP contribution is -2.30. The first kappa shape index (κ1) is 11.7. The van der Waals surface area contributed by atoms with Crippen molar-refractivity contribution in [2.75, 3.05) is 6.54 Å². The highest BCUT2D eigenvalue weighted by Gasteiger charge is 2.21. The molecule has 1 N–H and O–H groups in total. The lowest BCUT2D eigenvalue weighted by atomic mass is 9.80. The first-order valence-corrected chi connectivity index (χ1v) is 6.54. The van der Waals surface area contributed by atoms with E-state index < -0.39 is 0 Å². The lowest BCUT2D eigenvalue weighted by molar-refractivity contribution is 0.239. The van der Waals surface area contributed by atoms with Crippen molar-refractivity contribution >= 4 is 0 Å². The van der Waals surface area contributed by atoms with Crippen LogP contribution < -0.4 is 5.32 Å². The molecule has 1 aromatic heterocycles. The number of rotatable bonds is 4. The zero-order valence-corrected chi connectivity index (χ0v) is 10.4. The third kappa shape index (κ3) is 2.88. The van der Waals surface area contributed by atoms with Gasteiger partial charge < -0.3 is 9.73 Å². The molecule has 1 aliphatic carbocycles. The third-order valence-corrected chi connectivity index (χ3v) is 3.95. The summed E-state index contributed by atoms with van der Waals surface area (Å²) in [6.07, 6.45) is 7.37. The number of hydrogen-bond acceptors (Lipinski definition) is 2. The molecule has 1 aromatic rings. The van der Waals surface area contributed by atoms with E-state index >= 15 is 0 Å². The van der Waals surface area contributed by atoms with E-state index in [-0.39, 0.29) is 0 Å². The van der Waals surface area contributed by atoms with Crippen LogP contribution in [0, 0.1) is 11.8 Å². The van der Waals surface area contributed by atoms with Gasteiger partial charge in [0.2, 0.25) is 0 Å². The van der Waals surface area contributed by atoms with Crippen molar-refractivity contribution in [1.29, 1.82) is 0 Å². The van der Waals surface area contributed by atoms with Crippen LogP contribution in [0.2, 0.25) is 0 Å². The minimum absolute atomic E-state index is 0.337. The second-order valence-electron chi connectivity index (χ2n) is 5.17. The monoisotopic (exact) mass is 221 g/mol. The van der Waals surface area contributed by atoms with Crippen LogP contribution in [0.1, 0.15) is 51.3 Å². The Hall–Kier alpha value is -0.760. The van der Waals surface area contributed by atoms with Crippen LogP contribution in [0.5, 0.6) is 0 Å².